The van der Waals surface area contributed by atoms with Gasteiger partial charge in [-0.1, -0.05) is 12.8 Å². The first-order valence-corrected chi connectivity index (χ1v) is 9.59. The van der Waals surface area contributed by atoms with Gasteiger partial charge < -0.3 is 20.1 Å². The molecular weight excluding hydrogens is 384 g/mol. The van der Waals surface area contributed by atoms with Crippen molar-refractivity contribution in [3.8, 4) is 0 Å². The SMILES string of the molecule is CC(C(=O)N1CCNCC1c1nccn1C)N1C(=O)NC2(CCCC2)C1=O.Cl. The Morgan fingerprint density at radius 1 is 1.32 bits per heavy atom. The Hall–Kier alpha value is -2.13. The maximum Gasteiger partial charge on any atom is 0.325 e. The number of hydrogen-bond acceptors (Lipinski definition) is 5. The summed E-state index contributed by atoms with van der Waals surface area (Å²) in [7, 11) is 1.89. The first-order chi connectivity index (χ1) is 12.9. The molecule has 4 rings (SSSR count). The van der Waals surface area contributed by atoms with Crippen molar-refractivity contribution in [2.75, 3.05) is 19.6 Å². The average Bonchev–Trinajstić information content (AvgIpc) is 3.35. The third-order valence-corrected chi connectivity index (χ3v) is 6.08. The zero-order chi connectivity index (χ0) is 19.2. The molecule has 1 aromatic rings. The molecule has 3 heterocycles. The van der Waals surface area contributed by atoms with E-state index in [2.05, 4.69) is 15.6 Å². The summed E-state index contributed by atoms with van der Waals surface area (Å²) >= 11 is 0. The van der Waals surface area contributed by atoms with Crippen molar-refractivity contribution in [2.45, 2.75) is 50.2 Å². The zero-order valence-corrected chi connectivity index (χ0v) is 17.0. The van der Waals surface area contributed by atoms with Crippen LogP contribution in [0.3, 0.4) is 0 Å². The minimum absolute atomic E-state index is 0. The summed E-state index contributed by atoms with van der Waals surface area (Å²) in [4.78, 5) is 46.0. The van der Waals surface area contributed by atoms with E-state index in [9.17, 15) is 14.4 Å². The summed E-state index contributed by atoms with van der Waals surface area (Å²) in [5.41, 5.74) is -0.797. The topological polar surface area (TPSA) is 99.6 Å². The van der Waals surface area contributed by atoms with Crippen molar-refractivity contribution >= 4 is 30.3 Å². The van der Waals surface area contributed by atoms with Crippen LogP contribution >= 0.6 is 12.4 Å². The van der Waals surface area contributed by atoms with Crippen LogP contribution in [0.5, 0.6) is 0 Å². The molecule has 1 aliphatic carbocycles. The van der Waals surface area contributed by atoms with Crippen molar-refractivity contribution < 1.29 is 14.4 Å². The first kappa shape index (κ1) is 20.6. The fourth-order valence-electron chi connectivity index (χ4n) is 4.56. The molecule has 0 aromatic carbocycles. The minimum atomic E-state index is -0.835. The van der Waals surface area contributed by atoms with Gasteiger partial charge in [0.2, 0.25) is 5.91 Å². The Balaban J connectivity index is 0.00000225. The van der Waals surface area contributed by atoms with E-state index in [0.717, 1.165) is 23.6 Å². The van der Waals surface area contributed by atoms with E-state index in [4.69, 9.17) is 0 Å². The van der Waals surface area contributed by atoms with Crippen LogP contribution in [0.25, 0.3) is 0 Å². The van der Waals surface area contributed by atoms with Gasteiger partial charge >= 0.3 is 6.03 Å². The smallest absolute Gasteiger partial charge is 0.325 e. The second-order valence-electron chi connectivity index (χ2n) is 7.72. The van der Waals surface area contributed by atoms with Crippen LogP contribution < -0.4 is 10.6 Å². The van der Waals surface area contributed by atoms with Gasteiger partial charge in [-0.3, -0.25) is 9.59 Å². The number of rotatable bonds is 3. The molecule has 3 aliphatic rings. The average molecular weight is 411 g/mol. The first-order valence-electron chi connectivity index (χ1n) is 9.59. The molecule has 28 heavy (non-hydrogen) atoms. The summed E-state index contributed by atoms with van der Waals surface area (Å²) in [5, 5.41) is 6.15. The predicted molar refractivity (Wildman–Crippen MR) is 104 cm³/mol. The van der Waals surface area contributed by atoms with Crippen molar-refractivity contribution in [3.63, 3.8) is 0 Å². The van der Waals surface area contributed by atoms with Crippen molar-refractivity contribution in [1.82, 2.24) is 30.0 Å². The number of aryl methyl sites for hydroxylation is 1. The zero-order valence-electron chi connectivity index (χ0n) is 16.2. The largest absolute Gasteiger partial charge is 0.336 e. The second kappa shape index (κ2) is 7.71. The lowest BCUT2D eigenvalue weighted by Crippen LogP contribution is -2.56. The van der Waals surface area contributed by atoms with Crippen LogP contribution in [-0.4, -0.2) is 68.4 Å². The highest BCUT2D eigenvalue weighted by Crippen LogP contribution is 2.36. The molecule has 1 saturated carbocycles. The molecule has 2 N–H and O–H groups in total. The summed E-state index contributed by atoms with van der Waals surface area (Å²) in [6, 6.07) is -1.51. The number of nitrogens with one attached hydrogen (secondary N) is 2. The lowest BCUT2D eigenvalue weighted by Gasteiger charge is -2.38. The Morgan fingerprint density at radius 3 is 2.68 bits per heavy atom. The van der Waals surface area contributed by atoms with E-state index in [0.29, 0.717) is 32.5 Å². The van der Waals surface area contributed by atoms with Gasteiger partial charge in [0.15, 0.2) is 0 Å². The van der Waals surface area contributed by atoms with E-state index in [1.54, 1.807) is 18.0 Å². The van der Waals surface area contributed by atoms with Gasteiger partial charge in [-0.25, -0.2) is 14.7 Å². The Morgan fingerprint density at radius 2 is 2.04 bits per heavy atom. The Kier molecular flexibility index (Phi) is 5.67. The third kappa shape index (κ3) is 3.16. The van der Waals surface area contributed by atoms with Gasteiger partial charge in [0.05, 0.1) is 0 Å². The molecule has 2 aliphatic heterocycles. The molecule has 1 aromatic heterocycles. The molecule has 1 spiro atoms. The van der Waals surface area contributed by atoms with Gasteiger partial charge in [0.1, 0.15) is 23.4 Å². The fraction of sp³-hybridized carbons (Fsp3) is 0.667. The fourth-order valence-corrected chi connectivity index (χ4v) is 4.56. The van der Waals surface area contributed by atoms with E-state index in [1.807, 2.05) is 17.8 Å². The maximum atomic E-state index is 13.3. The molecular formula is C18H27ClN6O3. The molecule has 9 nitrogen and oxygen atoms in total. The minimum Gasteiger partial charge on any atom is -0.336 e. The summed E-state index contributed by atoms with van der Waals surface area (Å²) in [6.07, 6.45) is 6.69. The number of imidazole rings is 1. The van der Waals surface area contributed by atoms with Crippen LogP contribution in [0.2, 0.25) is 0 Å². The molecule has 154 valence electrons. The van der Waals surface area contributed by atoms with E-state index in [-0.39, 0.29) is 30.3 Å². The number of carbonyl (C=O) groups is 3. The number of imide groups is 1. The quantitative estimate of drug-likeness (QED) is 0.709. The number of amides is 4. The second-order valence-corrected chi connectivity index (χ2v) is 7.72. The lowest BCUT2D eigenvalue weighted by molar-refractivity contribution is -0.145. The summed E-state index contributed by atoms with van der Waals surface area (Å²) in [6.45, 7) is 3.41. The number of urea groups is 1. The molecule has 10 heteroatoms. The van der Waals surface area contributed by atoms with Crippen LogP contribution in [0.15, 0.2) is 12.4 Å². The number of halogens is 1. The molecule has 2 unspecified atom stereocenters. The number of hydrogen-bond donors (Lipinski definition) is 2. The Bertz CT molecular complexity index is 775. The van der Waals surface area contributed by atoms with E-state index in [1.165, 1.54) is 0 Å². The van der Waals surface area contributed by atoms with Crippen LogP contribution in [0.1, 0.15) is 44.5 Å². The predicted octanol–water partition coefficient (Wildman–Crippen LogP) is 0.568. The molecule has 3 fully saturated rings. The van der Waals surface area contributed by atoms with Gasteiger partial charge in [-0.2, -0.15) is 0 Å². The van der Waals surface area contributed by atoms with Crippen LogP contribution in [0.4, 0.5) is 4.79 Å². The van der Waals surface area contributed by atoms with Gasteiger partial charge in [-0.05, 0) is 19.8 Å². The highest BCUT2D eigenvalue weighted by molar-refractivity contribution is 6.10. The highest BCUT2D eigenvalue weighted by atomic mass is 35.5. The molecule has 0 radical (unpaired) electrons. The highest BCUT2D eigenvalue weighted by Gasteiger charge is 2.55. The number of aromatic nitrogens is 2. The third-order valence-electron chi connectivity index (χ3n) is 6.08. The van der Waals surface area contributed by atoms with E-state index >= 15 is 0 Å². The maximum absolute atomic E-state index is 13.3. The summed E-state index contributed by atoms with van der Waals surface area (Å²) < 4.78 is 1.89. The Labute approximate surface area is 170 Å². The summed E-state index contributed by atoms with van der Waals surface area (Å²) in [5.74, 6) is 0.310. The number of carbonyl (C=O) groups excluding carboxylic acids is 3. The van der Waals surface area contributed by atoms with Crippen LogP contribution in [-0.2, 0) is 16.6 Å². The normalized spacial score (nSPS) is 25.0. The van der Waals surface area contributed by atoms with Crippen molar-refractivity contribution in [2.24, 2.45) is 7.05 Å². The molecule has 0 bridgehead atoms. The van der Waals surface area contributed by atoms with Crippen molar-refractivity contribution in [3.05, 3.63) is 18.2 Å². The standard InChI is InChI=1S/C18H26N6O3.ClH/c1-12(24-16(26)18(21-17(24)27)5-3-4-6-18)15(25)23-10-7-19-11-13(23)14-20-8-9-22(14)2;/h8-9,12-13,19H,3-7,10-11H2,1-2H3,(H,21,27);1H. The molecule has 4 amide bonds. The van der Waals surface area contributed by atoms with Gasteiger partial charge in [-0.15, -0.1) is 12.4 Å². The molecule has 2 saturated heterocycles. The van der Waals surface area contributed by atoms with Gasteiger partial charge in [0, 0.05) is 39.1 Å². The van der Waals surface area contributed by atoms with E-state index < -0.39 is 17.6 Å². The monoisotopic (exact) mass is 410 g/mol. The van der Waals surface area contributed by atoms with Crippen molar-refractivity contribution in [1.29, 1.82) is 0 Å². The van der Waals surface area contributed by atoms with Crippen LogP contribution in [0, 0.1) is 0 Å². The molecule has 2 atom stereocenters. The van der Waals surface area contributed by atoms with Gasteiger partial charge in [0.25, 0.3) is 5.91 Å². The number of nitrogens with zero attached hydrogens (tertiary/aromatic N) is 4. The number of piperazine rings is 1. The lowest BCUT2D eigenvalue weighted by atomic mass is 9.97.